The van der Waals surface area contributed by atoms with E-state index in [1.165, 1.54) is 6.07 Å². The Morgan fingerprint density at radius 2 is 2.24 bits per heavy atom. The number of H-pyrrole nitrogens is 1. The van der Waals surface area contributed by atoms with Crippen LogP contribution in [0.3, 0.4) is 0 Å². The second kappa shape index (κ2) is 5.78. The van der Waals surface area contributed by atoms with Crippen molar-refractivity contribution in [2.45, 2.75) is 25.8 Å². The maximum Gasteiger partial charge on any atom is 0.326 e. The molecule has 7 heteroatoms. The van der Waals surface area contributed by atoms with Gasteiger partial charge in [-0.25, -0.2) is 9.89 Å². The summed E-state index contributed by atoms with van der Waals surface area (Å²) in [6, 6.07) is 1.44. The lowest BCUT2D eigenvalue weighted by Crippen LogP contribution is -2.41. The Hall–Kier alpha value is -2.18. The summed E-state index contributed by atoms with van der Waals surface area (Å²) in [6.07, 6.45) is 0.973. The zero-order valence-electron chi connectivity index (χ0n) is 9.27. The van der Waals surface area contributed by atoms with Crippen LogP contribution in [0.1, 0.15) is 30.3 Å². The van der Waals surface area contributed by atoms with E-state index in [4.69, 9.17) is 5.11 Å². The van der Waals surface area contributed by atoms with Gasteiger partial charge in [-0.05, 0) is 12.5 Å². The van der Waals surface area contributed by atoms with Gasteiger partial charge < -0.3 is 10.4 Å². The molecule has 1 aromatic heterocycles. The fraction of sp³-hybridized carbons (Fsp3) is 0.400. The van der Waals surface area contributed by atoms with Gasteiger partial charge in [-0.2, -0.15) is 5.10 Å². The van der Waals surface area contributed by atoms with E-state index < -0.39 is 23.5 Å². The third-order valence-electron chi connectivity index (χ3n) is 2.09. The molecular formula is C10H13N3O4. The van der Waals surface area contributed by atoms with Crippen LogP contribution in [0.2, 0.25) is 0 Å². The SMILES string of the molecule is CCCC(NC(=O)c1ccc(=O)[nH]n1)C(=O)O. The number of aromatic amines is 1. The highest BCUT2D eigenvalue weighted by molar-refractivity contribution is 5.94. The summed E-state index contributed by atoms with van der Waals surface area (Å²) in [7, 11) is 0. The molecule has 0 saturated carbocycles. The Bertz CT molecular complexity index is 448. The molecule has 1 unspecified atom stereocenters. The average Bonchev–Trinajstić information content (AvgIpc) is 2.29. The van der Waals surface area contributed by atoms with E-state index in [9.17, 15) is 14.4 Å². The van der Waals surface area contributed by atoms with Crippen LogP contribution in [-0.2, 0) is 4.79 Å². The highest BCUT2D eigenvalue weighted by Crippen LogP contribution is 1.99. The highest BCUT2D eigenvalue weighted by atomic mass is 16.4. The Morgan fingerprint density at radius 1 is 1.53 bits per heavy atom. The molecule has 0 radical (unpaired) electrons. The Morgan fingerprint density at radius 3 is 2.71 bits per heavy atom. The van der Waals surface area contributed by atoms with Gasteiger partial charge in [0, 0.05) is 6.07 Å². The molecule has 17 heavy (non-hydrogen) atoms. The first-order valence-corrected chi connectivity index (χ1v) is 5.14. The summed E-state index contributed by atoms with van der Waals surface area (Å²) < 4.78 is 0. The van der Waals surface area contributed by atoms with E-state index in [0.29, 0.717) is 12.8 Å². The predicted molar refractivity (Wildman–Crippen MR) is 58.7 cm³/mol. The minimum absolute atomic E-state index is 0.0213. The van der Waals surface area contributed by atoms with Gasteiger partial charge in [-0.15, -0.1) is 0 Å². The molecule has 0 bridgehead atoms. The Balaban J connectivity index is 2.73. The number of rotatable bonds is 5. The zero-order chi connectivity index (χ0) is 12.8. The number of hydrogen-bond acceptors (Lipinski definition) is 4. The van der Waals surface area contributed by atoms with Gasteiger partial charge >= 0.3 is 5.97 Å². The second-order valence-corrected chi connectivity index (χ2v) is 3.46. The van der Waals surface area contributed by atoms with Gasteiger partial charge in [0.1, 0.15) is 11.7 Å². The van der Waals surface area contributed by atoms with Gasteiger partial charge in [0.15, 0.2) is 0 Å². The first-order valence-electron chi connectivity index (χ1n) is 5.14. The maximum atomic E-state index is 11.6. The van der Waals surface area contributed by atoms with E-state index in [2.05, 4.69) is 15.5 Å². The van der Waals surface area contributed by atoms with Gasteiger partial charge in [-0.3, -0.25) is 9.59 Å². The number of amides is 1. The smallest absolute Gasteiger partial charge is 0.326 e. The van der Waals surface area contributed by atoms with Crippen LogP contribution in [0.5, 0.6) is 0 Å². The van der Waals surface area contributed by atoms with Crippen LogP contribution < -0.4 is 10.9 Å². The molecule has 3 N–H and O–H groups in total. The lowest BCUT2D eigenvalue weighted by molar-refractivity contribution is -0.139. The van der Waals surface area contributed by atoms with Crippen molar-refractivity contribution in [1.82, 2.24) is 15.5 Å². The maximum absolute atomic E-state index is 11.6. The van der Waals surface area contributed by atoms with E-state index in [1.807, 2.05) is 6.92 Å². The summed E-state index contributed by atoms with van der Waals surface area (Å²) in [5.41, 5.74) is -0.447. The molecule has 0 aliphatic rings. The number of carbonyl (C=O) groups excluding carboxylic acids is 1. The zero-order valence-corrected chi connectivity index (χ0v) is 9.27. The van der Waals surface area contributed by atoms with Crippen LogP contribution in [0.25, 0.3) is 0 Å². The summed E-state index contributed by atoms with van der Waals surface area (Å²) >= 11 is 0. The Labute approximate surface area is 96.9 Å². The summed E-state index contributed by atoms with van der Waals surface area (Å²) in [6.45, 7) is 1.82. The average molecular weight is 239 g/mol. The number of carboxylic acids is 1. The van der Waals surface area contributed by atoms with Crippen LogP contribution in [0, 0.1) is 0 Å². The first-order chi connectivity index (χ1) is 8.04. The van der Waals surface area contributed by atoms with Crippen molar-refractivity contribution >= 4 is 11.9 Å². The minimum atomic E-state index is -1.09. The van der Waals surface area contributed by atoms with Crippen LogP contribution >= 0.6 is 0 Å². The van der Waals surface area contributed by atoms with Crippen LogP contribution in [0.4, 0.5) is 0 Å². The van der Waals surface area contributed by atoms with Crippen LogP contribution in [-0.4, -0.2) is 33.2 Å². The number of aromatic nitrogens is 2. The second-order valence-electron chi connectivity index (χ2n) is 3.46. The third kappa shape index (κ3) is 3.71. The molecule has 0 spiro atoms. The Kier molecular flexibility index (Phi) is 4.38. The van der Waals surface area contributed by atoms with Gasteiger partial charge in [0.25, 0.3) is 11.5 Å². The largest absolute Gasteiger partial charge is 0.480 e. The van der Waals surface area contributed by atoms with Crippen molar-refractivity contribution in [3.05, 3.63) is 28.2 Å². The monoisotopic (exact) mass is 239 g/mol. The van der Waals surface area contributed by atoms with Crippen molar-refractivity contribution in [2.24, 2.45) is 0 Å². The molecule has 1 atom stereocenters. The van der Waals surface area contributed by atoms with E-state index in [0.717, 1.165) is 6.07 Å². The third-order valence-corrected chi connectivity index (χ3v) is 2.09. The van der Waals surface area contributed by atoms with Gasteiger partial charge in [0.2, 0.25) is 0 Å². The number of nitrogens with one attached hydrogen (secondary N) is 2. The molecule has 92 valence electrons. The first kappa shape index (κ1) is 12.9. The number of aliphatic carboxylic acids is 1. The van der Waals surface area contributed by atoms with Gasteiger partial charge in [-0.1, -0.05) is 13.3 Å². The molecule has 0 aliphatic carbocycles. The normalized spacial score (nSPS) is 11.8. The number of carbonyl (C=O) groups is 2. The fourth-order valence-electron chi connectivity index (χ4n) is 1.25. The molecule has 0 fully saturated rings. The van der Waals surface area contributed by atoms with Crippen molar-refractivity contribution in [2.75, 3.05) is 0 Å². The lowest BCUT2D eigenvalue weighted by atomic mass is 10.1. The number of hydrogen-bond donors (Lipinski definition) is 3. The molecule has 1 amide bonds. The van der Waals surface area contributed by atoms with E-state index in [1.54, 1.807) is 0 Å². The van der Waals surface area contributed by atoms with Crippen molar-refractivity contribution in [1.29, 1.82) is 0 Å². The molecule has 0 saturated heterocycles. The highest BCUT2D eigenvalue weighted by Gasteiger charge is 2.20. The molecular weight excluding hydrogens is 226 g/mol. The van der Waals surface area contributed by atoms with Crippen molar-refractivity contribution < 1.29 is 14.7 Å². The topological polar surface area (TPSA) is 112 Å². The summed E-state index contributed by atoms with van der Waals surface area (Å²) in [5, 5.41) is 16.8. The molecule has 1 heterocycles. The van der Waals surface area contributed by atoms with E-state index in [-0.39, 0.29) is 5.69 Å². The molecule has 1 aromatic rings. The predicted octanol–water partition coefficient (Wildman–Crippen LogP) is -0.247. The van der Waals surface area contributed by atoms with Crippen molar-refractivity contribution in [3.63, 3.8) is 0 Å². The lowest BCUT2D eigenvalue weighted by Gasteiger charge is -2.12. The standard InChI is InChI=1S/C10H13N3O4/c1-2-3-7(10(16)17)11-9(15)6-4-5-8(14)13-12-6/h4-5,7H,2-3H2,1H3,(H,11,15)(H,13,14)(H,16,17). The number of carboxylic acid groups (broad SMARTS) is 1. The van der Waals surface area contributed by atoms with E-state index >= 15 is 0 Å². The minimum Gasteiger partial charge on any atom is -0.480 e. The van der Waals surface area contributed by atoms with Gasteiger partial charge in [0.05, 0.1) is 0 Å². The number of nitrogens with zero attached hydrogens (tertiary/aromatic N) is 1. The molecule has 0 aliphatic heterocycles. The molecule has 7 nitrogen and oxygen atoms in total. The summed E-state index contributed by atoms with van der Waals surface area (Å²) in [5.74, 6) is -1.72. The molecule has 0 aromatic carbocycles. The summed E-state index contributed by atoms with van der Waals surface area (Å²) in [4.78, 5) is 33.1. The molecule has 1 rings (SSSR count). The van der Waals surface area contributed by atoms with Crippen molar-refractivity contribution in [3.8, 4) is 0 Å². The van der Waals surface area contributed by atoms with Crippen LogP contribution in [0.15, 0.2) is 16.9 Å². The fourth-order valence-corrected chi connectivity index (χ4v) is 1.25. The quantitative estimate of drug-likeness (QED) is 0.656.